The van der Waals surface area contributed by atoms with Crippen molar-refractivity contribution in [1.29, 1.82) is 0 Å². The predicted molar refractivity (Wildman–Crippen MR) is 11.0 cm³/mol. The van der Waals surface area contributed by atoms with Crippen LogP contribution in [0.5, 0.6) is 0 Å². The second kappa shape index (κ2) is 10.8. The van der Waals surface area contributed by atoms with Gasteiger partial charge < -0.3 is 8.06 Å². The molecule has 0 bridgehead atoms. The van der Waals surface area contributed by atoms with Crippen molar-refractivity contribution in [2.75, 3.05) is 0 Å². The fraction of sp³-hybridized carbons (Fsp3) is 0. The molecular formula is H3CsKNO3. The SMILES string of the molecule is O=[N+]([O-])O.[Cs+].[H-].[H-].[K+]. The molecule has 0 aliphatic carbocycles. The van der Waals surface area contributed by atoms with Gasteiger partial charge >= 0.3 is 120 Å². The van der Waals surface area contributed by atoms with E-state index in [0.29, 0.717) is 0 Å². The van der Waals surface area contributed by atoms with Gasteiger partial charge in [0, 0.05) is 0 Å². The third-order valence-corrected chi connectivity index (χ3v) is 0. The van der Waals surface area contributed by atoms with E-state index in [-0.39, 0.29) is 123 Å². The minimum atomic E-state index is -1.50. The summed E-state index contributed by atoms with van der Waals surface area (Å²) in [7, 11) is 0. The van der Waals surface area contributed by atoms with Gasteiger partial charge in [0.1, 0.15) is 0 Å². The Morgan fingerprint density at radius 3 is 1.83 bits per heavy atom. The van der Waals surface area contributed by atoms with Crippen molar-refractivity contribution in [1.82, 2.24) is 0 Å². The van der Waals surface area contributed by atoms with Gasteiger partial charge in [-0.1, -0.05) is 0 Å². The summed E-state index contributed by atoms with van der Waals surface area (Å²) in [4.78, 5) is 8.36. The largest absolute Gasteiger partial charge is 1.00 e. The molecule has 0 aliphatic heterocycles. The molecule has 0 spiro atoms. The monoisotopic (exact) mass is 237 g/mol. The van der Waals surface area contributed by atoms with E-state index in [2.05, 4.69) is 0 Å². The molecule has 28 valence electrons. The summed E-state index contributed by atoms with van der Waals surface area (Å²) in [6.45, 7) is 0. The van der Waals surface area contributed by atoms with Crippen molar-refractivity contribution in [3.63, 3.8) is 0 Å². The third kappa shape index (κ3) is 28.6. The first-order valence-corrected chi connectivity index (χ1v) is 0.565. The van der Waals surface area contributed by atoms with E-state index in [1.807, 2.05) is 0 Å². The summed E-state index contributed by atoms with van der Waals surface area (Å²) in [5.74, 6) is 0. The Balaban J connectivity index is -0.00000000750. The minimum absolute atomic E-state index is 0. The van der Waals surface area contributed by atoms with Gasteiger partial charge in [0.15, 0.2) is 0 Å². The molecule has 0 aromatic rings. The predicted octanol–water partition coefficient (Wildman–Crippen LogP) is -6.11. The third-order valence-electron chi connectivity index (χ3n) is 0. The molecule has 6 heteroatoms. The second-order valence-electron chi connectivity index (χ2n) is 0.238. The zero-order chi connectivity index (χ0) is 3.58. The van der Waals surface area contributed by atoms with Crippen LogP contribution in [-0.4, -0.2) is 10.3 Å². The summed E-state index contributed by atoms with van der Waals surface area (Å²) in [6.07, 6.45) is 0. The molecule has 1 N–H and O–H groups in total. The standard InChI is InChI=1S/Cs.K.HNO3.2H/c;;2-1(3)4;;/h;;(H,2,3,4);;/q2*+1;;2*-1. The Hall–Kier alpha value is 2.89. The zero-order valence-corrected chi connectivity index (χ0v) is 13.1. The summed E-state index contributed by atoms with van der Waals surface area (Å²) in [6, 6.07) is 0. The molecule has 6 heavy (non-hydrogen) atoms. The first-order valence-electron chi connectivity index (χ1n) is 0.565. The van der Waals surface area contributed by atoms with Crippen LogP contribution in [0.3, 0.4) is 0 Å². The van der Waals surface area contributed by atoms with Crippen LogP contribution in [0, 0.1) is 10.1 Å². The average Bonchev–Trinajstić information content (AvgIpc) is 0.811. The number of hydrogen-bond acceptors (Lipinski definition) is 2. The Labute approximate surface area is 139 Å². The molecule has 0 unspecified atom stereocenters. The second-order valence-corrected chi connectivity index (χ2v) is 0.238. The molecule has 4 nitrogen and oxygen atoms in total. The zero-order valence-electron chi connectivity index (χ0n) is 5.71. The van der Waals surface area contributed by atoms with Crippen molar-refractivity contribution in [3.05, 3.63) is 10.1 Å². The molecule has 0 atom stereocenters. The van der Waals surface area contributed by atoms with E-state index >= 15 is 0 Å². The Kier molecular flexibility index (Phi) is 28.7. The van der Waals surface area contributed by atoms with E-state index in [9.17, 15) is 0 Å². The first-order chi connectivity index (χ1) is 1.73. The van der Waals surface area contributed by atoms with Crippen LogP contribution in [0.25, 0.3) is 0 Å². The van der Waals surface area contributed by atoms with Gasteiger partial charge in [0.2, 0.25) is 0 Å². The normalized spacial score (nSPS) is 4.00. The minimum Gasteiger partial charge on any atom is -1.00 e. The van der Waals surface area contributed by atoms with Crippen LogP contribution in [0.15, 0.2) is 0 Å². The van der Waals surface area contributed by atoms with Crippen LogP contribution in [0.4, 0.5) is 0 Å². The Morgan fingerprint density at radius 1 is 1.83 bits per heavy atom. The molecule has 0 saturated heterocycles. The molecule has 0 amide bonds. The van der Waals surface area contributed by atoms with Gasteiger partial charge in [0.25, 0.3) is 5.09 Å². The first kappa shape index (κ1) is 16.0. The maximum Gasteiger partial charge on any atom is 1.00 e. The summed E-state index contributed by atoms with van der Waals surface area (Å²) in [5, 5.41) is 13.6. The van der Waals surface area contributed by atoms with Gasteiger partial charge in [0.05, 0.1) is 0 Å². The van der Waals surface area contributed by atoms with Gasteiger partial charge in [-0.15, -0.1) is 10.1 Å². The van der Waals surface area contributed by atoms with Crippen molar-refractivity contribution in [2.45, 2.75) is 0 Å². The van der Waals surface area contributed by atoms with Gasteiger partial charge in [-0.2, -0.15) is 0 Å². The molecule has 0 heterocycles. The Bertz CT molecular complexity index is 40.3. The molecule has 0 aromatic carbocycles. The quantitative estimate of drug-likeness (QED) is 0.259. The van der Waals surface area contributed by atoms with E-state index < -0.39 is 5.09 Å². The van der Waals surface area contributed by atoms with E-state index in [1.54, 1.807) is 0 Å². The van der Waals surface area contributed by atoms with Crippen LogP contribution in [0.1, 0.15) is 2.85 Å². The van der Waals surface area contributed by atoms with Crippen LogP contribution in [0.2, 0.25) is 0 Å². The van der Waals surface area contributed by atoms with Crippen molar-refractivity contribution in [3.8, 4) is 0 Å². The van der Waals surface area contributed by atoms with Crippen molar-refractivity contribution < 1.29 is 133 Å². The van der Waals surface area contributed by atoms with E-state index in [1.165, 1.54) is 0 Å². The van der Waals surface area contributed by atoms with Crippen molar-refractivity contribution in [2.24, 2.45) is 0 Å². The van der Waals surface area contributed by atoms with E-state index in [4.69, 9.17) is 15.3 Å². The average molecular weight is 237 g/mol. The van der Waals surface area contributed by atoms with Crippen LogP contribution in [-0.2, 0) is 0 Å². The fourth-order valence-electron chi connectivity index (χ4n) is 0. The number of nitrogens with zero attached hydrogens (tertiary/aromatic N) is 1. The van der Waals surface area contributed by atoms with Crippen molar-refractivity contribution >= 4 is 0 Å². The Morgan fingerprint density at radius 2 is 1.83 bits per heavy atom. The maximum absolute atomic E-state index is 8.36. The van der Waals surface area contributed by atoms with Crippen LogP contribution < -0.4 is 120 Å². The van der Waals surface area contributed by atoms with Crippen LogP contribution >= 0.6 is 0 Å². The fourth-order valence-corrected chi connectivity index (χ4v) is 0. The smallest absolute Gasteiger partial charge is 1.00 e. The van der Waals surface area contributed by atoms with Gasteiger partial charge in [-0.3, -0.25) is 0 Å². The van der Waals surface area contributed by atoms with Gasteiger partial charge in [-0.05, 0) is 0 Å². The van der Waals surface area contributed by atoms with E-state index in [0.717, 1.165) is 0 Å². The topological polar surface area (TPSA) is 63.4 Å². The number of rotatable bonds is 0. The van der Waals surface area contributed by atoms with Gasteiger partial charge in [-0.25, -0.2) is 0 Å². The molecule has 0 radical (unpaired) electrons. The molecule has 0 fully saturated rings. The molecule has 0 aromatic heterocycles. The number of hydrogen-bond donors (Lipinski definition) is 1. The summed E-state index contributed by atoms with van der Waals surface area (Å²) >= 11 is 0. The summed E-state index contributed by atoms with van der Waals surface area (Å²) < 4.78 is 0. The molecule has 0 rings (SSSR count). The molecule has 0 saturated carbocycles. The molecule has 0 aliphatic rings. The maximum atomic E-state index is 8.36. The molecular weight excluding hydrogens is 234 g/mol. The summed E-state index contributed by atoms with van der Waals surface area (Å²) in [5.41, 5.74) is 0.